The molecule has 0 heteroatoms. The minimum atomic E-state index is 0.588. The number of hydrogen-bond donors (Lipinski definition) is 0. The number of rotatable bonds is 3. The highest BCUT2D eigenvalue weighted by Crippen LogP contribution is 2.24. The summed E-state index contributed by atoms with van der Waals surface area (Å²) in [5.74, 6) is 0.588. The van der Waals surface area contributed by atoms with Gasteiger partial charge in [-0.1, -0.05) is 74.5 Å². The molecule has 0 aliphatic rings. The van der Waals surface area contributed by atoms with Crippen molar-refractivity contribution in [3.8, 4) is 11.1 Å². The van der Waals surface area contributed by atoms with Gasteiger partial charge in [0, 0.05) is 0 Å². The number of allylic oxidation sites excluding steroid dienone is 1. The highest BCUT2D eigenvalue weighted by molar-refractivity contribution is 5.68. The molecule has 0 aliphatic heterocycles. The lowest BCUT2D eigenvalue weighted by atomic mass is 9.97. The van der Waals surface area contributed by atoms with E-state index in [1.54, 1.807) is 0 Å². The summed E-state index contributed by atoms with van der Waals surface area (Å²) in [6.07, 6.45) is 0. The fourth-order valence-electron chi connectivity index (χ4n) is 2.01. The van der Waals surface area contributed by atoms with E-state index in [0.29, 0.717) is 5.92 Å². The minimum Gasteiger partial charge on any atom is -0.0955 e. The second-order valence-electron chi connectivity index (χ2n) is 5.13. The fraction of sp³-hybridized carbons (Fsp3) is 0.222. The van der Waals surface area contributed by atoms with E-state index in [2.05, 4.69) is 69.0 Å². The Kier molecular flexibility index (Phi) is 3.66. The van der Waals surface area contributed by atoms with Crippen LogP contribution in [0.1, 0.15) is 37.8 Å². The third-order valence-corrected chi connectivity index (χ3v) is 3.29. The summed E-state index contributed by atoms with van der Waals surface area (Å²) in [5.41, 5.74) is 6.23. The van der Waals surface area contributed by atoms with Crippen LogP contribution in [0.25, 0.3) is 16.7 Å². The van der Waals surface area contributed by atoms with Gasteiger partial charge < -0.3 is 0 Å². The Morgan fingerprint density at radius 3 is 1.67 bits per heavy atom. The first-order valence-electron chi connectivity index (χ1n) is 6.44. The highest BCUT2D eigenvalue weighted by atomic mass is 14.1. The molecule has 0 amide bonds. The van der Waals surface area contributed by atoms with Crippen LogP contribution >= 0.6 is 0 Å². The standard InChI is InChI=1S/C18H20/c1-13(2)15-5-9-17(10-6-15)18-11-7-16(8-12-18)14(3)4/h5-12,14H,1H2,2-4H3. The molecule has 0 saturated carbocycles. The van der Waals surface area contributed by atoms with Crippen molar-refractivity contribution in [3.05, 3.63) is 66.2 Å². The van der Waals surface area contributed by atoms with Gasteiger partial charge in [0.1, 0.15) is 0 Å². The third kappa shape index (κ3) is 2.70. The maximum Gasteiger partial charge on any atom is -0.0184 e. The normalized spacial score (nSPS) is 10.7. The first kappa shape index (κ1) is 12.6. The van der Waals surface area contributed by atoms with Gasteiger partial charge in [-0.2, -0.15) is 0 Å². The largest absolute Gasteiger partial charge is 0.0955 e. The first-order valence-corrected chi connectivity index (χ1v) is 6.44. The molecule has 0 spiro atoms. The monoisotopic (exact) mass is 236 g/mol. The van der Waals surface area contributed by atoms with Crippen molar-refractivity contribution in [2.45, 2.75) is 26.7 Å². The molecule has 2 aromatic rings. The van der Waals surface area contributed by atoms with Crippen LogP contribution in [0.15, 0.2) is 55.1 Å². The predicted molar refractivity (Wildman–Crippen MR) is 80.7 cm³/mol. The zero-order valence-corrected chi connectivity index (χ0v) is 11.4. The molecule has 0 nitrogen and oxygen atoms in total. The number of benzene rings is 2. The van der Waals surface area contributed by atoms with Crippen molar-refractivity contribution >= 4 is 5.57 Å². The lowest BCUT2D eigenvalue weighted by molar-refractivity contribution is 0.867. The summed E-state index contributed by atoms with van der Waals surface area (Å²) in [7, 11) is 0. The van der Waals surface area contributed by atoms with Crippen molar-refractivity contribution in [2.24, 2.45) is 0 Å². The molecule has 0 fully saturated rings. The second-order valence-corrected chi connectivity index (χ2v) is 5.13. The van der Waals surface area contributed by atoms with E-state index in [0.717, 1.165) is 5.57 Å². The molecule has 0 N–H and O–H groups in total. The molecule has 0 heterocycles. The molecule has 2 rings (SSSR count). The van der Waals surface area contributed by atoms with Gasteiger partial charge in [0.05, 0.1) is 0 Å². The van der Waals surface area contributed by atoms with Crippen LogP contribution in [0.5, 0.6) is 0 Å². The summed E-state index contributed by atoms with van der Waals surface area (Å²) >= 11 is 0. The van der Waals surface area contributed by atoms with Crippen LogP contribution < -0.4 is 0 Å². The molecule has 0 radical (unpaired) electrons. The van der Waals surface area contributed by atoms with Crippen LogP contribution in [0, 0.1) is 0 Å². The van der Waals surface area contributed by atoms with Crippen molar-refractivity contribution in [1.29, 1.82) is 0 Å². The molecule has 0 unspecified atom stereocenters. The van der Waals surface area contributed by atoms with Crippen molar-refractivity contribution < 1.29 is 0 Å². The molecular formula is C18H20. The van der Waals surface area contributed by atoms with Crippen LogP contribution in [0.4, 0.5) is 0 Å². The lowest BCUT2D eigenvalue weighted by Gasteiger charge is -2.08. The van der Waals surface area contributed by atoms with Crippen LogP contribution in [-0.2, 0) is 0 Å². The van der Waals surface area contributed by atoms with E-state index < -0.39 is 0 Å². The van der Waals surface area contributed by atoms with Crippen LogP contribution in [-0.4, -0.2) is 0 Å². The number of hydrogen-bond acceptors (Lipinski definition) is 0. The van der Waals surface area contributed by atoms with Gasteiger partial charge in [-0.05, 0) is 35.1 Å². The Balaban J connectivity index is 2.28. The van der Waals surface area contributed by atoms with Gasteiger partial charge in [-0.3, -0.25) is 0 Å². The summed E-state index contributed by atoms with van der Waals surface area (Å²) in [6, 6.07) is 17.4. The highest BCUT2D eigenvalue weighted by Gasteiger charge is 2.01. The van der Waals surface area contributed by atoms with Crippen molar-refractivity contribution in [3.63, 3.8) is 0 Å². The van der Waals surface area contributed by atoms with Gasteiger partial charge in [0.15, 0.2) is 0 Å². The Bertz CT molecular complexity index is 527. The van der Waals surface area contributed by atoms with E-state index in [4.69, 9.17) is 0 Å². The molecule has 2 aromatic carbocycles. The molecule has 0 aromatic heterocycles. The Hall–Kier alpha value is -1.82. The summed E-state index contributed by atoms with van der Waals surface area (Å²) in [6.45, 7) is 10.4. The van der Waals surface area contributed by atoms with E-state index in [1.807, 2.05) is 6.92 Å². The topological polar surface area (TPSA) is 0 Å². The predicted octanol–water partition coefficient (Wildman–Crippen LogP) is 5.51. The molecule has 0 saturated heterocycles. The average Bonchev–Trinajstić information content (AvgIpc) is 2.39. The van der Waals surface area contributed by atoms with Gasteiger partial charge >= 0.3 is 0 Å². The smallest absolute Gasteiger partial charge is 0.0184 e. The molecule has 0 aliphatic carbocycles. The maximum absolute atomic E-state index is 3.96. The first-order chi connectivity index (χ1) is 8.58. The lowest BCUT2D eigenvalue weighted by Crippen LogP contribution is -1.87. The Morgan fingerprint density at radius 1 is 0.833 bits per heavy atom. The third-order valence-electron chi connectivity index (χ3n) is 3.29. The van der Waals surface area contributed by atoms with Gasteiger partial charge in [-0.25, -0.2) is 0 Å². The van der Waals surface area contributed by atoms with Crippen LogP contribution in [0.2, 0.25) is 0 Å². The van der Waals surface area contributed by atoms with Crippen molar-refractivity contribution in [1.82, 2.24) is 0 Å². The zero-order chi connectivity index (χ0) is 13.1. The molecule has 92 valence electrons. The summed E-state index contributed by atoms with van der Waals surface area (Å²) in [4.78, 5) is 0. The Morgan fingerprint density at radius 2 is 1.28 bits per heavy atom. The molecule has 18 heavy (non-hydrogen) atoms. The van der Waals surface area contributed by atoms with E-state index in [1.165, 1.54) is 22.3 Å². The van der Waals surface area contributed by atoms with E-state index in [-0.39, 0.29) is 0 Å². The van der Waals surface area contributed by atoms with Crippen LogP contribution in [0.3, 0.4) is 0 Å². The van der Waals surface area contributed by atoms with Gasteiger partial charge in [0.25, 0.3) is 0 Å². The van der Waals surface area contributed by atoms with Gasteiger partial charge in [0.2, 0.25) is 0 Å². The van der Waals surface area contributed by atoms with E-state index in [9.17, 15) is 0 Å². The average molecular weight is 236 g/mol. The summed E-state index contributed by atoms with van der Waals surface area (Å²) < 4.78 is 0. The van der Waals surface area contributed by atoms with E-state index >= 15 is 0 Å². The zero-order valence-electron chi connectivity index (χ0n) is 11.4. The quantitative estimate of drug-likeness (QED) is 0.659. The minimum absolute atomic E-state index is 0.588. The molecule has 0 bridgehead atoms. The van der Waals surface area contributed by atoms with Crippen molar-refractivity contribution in [2.75, 3.05) is 0 Å². The fourth-order valence-corrected chi connectivity index (χ4v) is 2.01. The summed E-state index contributed by atoms with van der Waals surface area (Å²) in [5, 5.41) is 0. The molecular weight excluding hydrogens is 216 g/mol. The maximum atomic E-state index is 3.96. The second kappa shape index (κ2) is 5.22. The Labute approximate surface area is 110 Å². The van der Waals surface area contributed by atoms with Gasteiger partial charge in [-0.15, -0.1) is 0 Å². The SMILES string of the molecule is C=C(C)c1ccc(-c2ccc(C(C)C)cc2)cc1. The molecule has 0 atom stereocenters.